The summed E-state index contributed by atoms with van der Waals surface area (Å²) in [6.07, 6.45) is 1.25. The lowest BCUT2D eigenvalue weighted by atomic mass is 10.1. The van der Waals surface area contributed by atoms with Crippen molar-refractivity contribution in [2.75, 3.05) is 19.0 Å². The average molecular weight is 431 g/mol. The molecule has 11 heteroatoms. The SMILES string of the molecule is COc1cc(/C=C(\C#N)C(=O)Nc2cccc([N+](=O)[O-])c2)cc(Cl)c1OCC(N)=O. The lowest BCUT2D eigenvalue weighted by molar-refractivity contribution is -0.384. The number of rotatable bonds is 8. The molecule has 0 aliphatic heterocycles. The van der Waals surface area contributed by atoms with Gasteiger partial charge in [-0.25, -0.2) is 0 Å². The molecular formula is C19H15ClN4O6. The van der Waals surface area contributed by atoms with Crippen LogP contribution in [-0.2, 0) is 9.59 Å². The number of nitrogens with two attached hydrogens (primary N) is 1. The van der Waals surface area contributed by atoms with E-state index in [0.29, 0.717) is 5.56 Å². The first kappa shape index (κ1) is 22.2. The van der Waals surface area contributed by atoms with Gasteiger partial charge in [-0.2, -0.15) is 5.26 Å². The number of benzene rings is 2. The third-order valence-corrected chi connectivity index (χ3v) is 3.88. The fraction of sp³-hybridized carbons (Fsp3) is 0.105. The Balaban J connectivity index is 2.30. The molecule has 0 aliphatic rings. The van der Waals surface area contributed by atoms with E-state index in [4.69, 9.17) is 26.8 Å². The molecule has 2 aromatic carbocycles. The topological polar surface area (TPSA) is 158 Å². The summed E-state index contributed by atoms with van der Waals surface area (Å²) in [7, 11) is 1.34. The first-order valence-electron chi connectivity index (χ1n) is 8.21. The summed E-state index contributed by atoms with van der Waals surface area (Å²) >= 11 is 6.15. The van der Waals surface area contributed by atoms with E-state index in [1.807, 2.05) is 0 Å². The molecule has 154 valence electrons. The summed E-state index contributed by atoms with van der Waals surface area (Å²) in [5.41, 5.74) is 5.04. The molecule has 0 fully saturated rings. The molecule has 0 aliphatic carbocycles. The number of anilines is 1. The van der Waals surface area contributed by atoms with Crippen LogP contribution < -0.4 is 20.5 Å². The third-order valence-electron chi connectivity index (χ3n) is 3.60. The minimum absolute atomic E-state index is 0.0678. The number of primary amides is 1. The van der Waals surface area contributed by atoms with Crippen molar-refractivity contribution in [3.63, 3.8) is 0 Å². The van der Waals surface area contributed by atoms with E-state index < -0.39 is 23.3 Å². The lowest BCUT2D eigenvalue weighted by Crippen LogP contribution is -2.20. The quantitative estimate of drug-likeness (QED) is 0.282. The Morgan fingerprint density at radius 3 is 2.70 bits per heavy atom. The molecule has 3 N–H and O–H groups in total. The number of carbonyl (C=O) groups excluding carboxylic acids is 2. The molecule has 0 unspecified atom stereocenters. The second-order valence-corrected chi connectivity index (χ2v) is 6.13. The molecule has 30 heavy (non-hydrogen) atoms. The van der Waals surface area contributed by atoms with Gasteiger partial charge in [0.25, 0.3) is 17.5 Å². The van der Waals surface area contributed by atoms with Crippen molar-refractivity contribution in [2.24, 2.45) is 5.73 Å². The van der Waals surface area contributed by atoms with Gasteiger partial charge in [-0.15, -0.1) is 0 Å². The van der Waals surface area contributed by atoms with Crippen LogP contribution in [-0.4, -0.2) is 30.5 Å². The van der Waals surface area contributed by atoms with Gasteiger partial charge in [0.15, 0.2) is 18.1 Å². The standard InChI is InChI=1S/C19H15ClN4O6/c1-29-16-7-11(6-15(20)18(16)30-10-17(22)25)5-12(9-21)19(26)23-13-3-2-4-14(8-13)24(27)28/h2-8H,10H2,1H3,(H2,22,25)(H,23,26)/b12-5+. The summed E-state index contributed by atoms with van der Waals surface area (Å²) in [4.78, 5) is 33.5. The maximum absolute atomic E-state index is 12.4. The summed E-state index contributed by atoms with van der Waals surface area (Å²) in [5, 5.41) is 22.7. The predicted octanol–water partition coefficient (Wildman–Crippen LogP) is 2.67. The van der Waals surface area contributed by atoms with Crippen LogP contribution in [0.2, 0.25) is 5.02 Å². The van der Waals surface area contributed by atoms with Crippen molar-refractivity contribution in [1.82, 2.24) is 0 Å². The molecule has 0 radical (unpaired) electrons. The molecule has 0 heterocycles. The number of ether oxygens (including phenoxy) is 2. The number of hydrogen-bond donors (Lipinski definition) is 2. The molecule has 0 spiro atoms. The number of nitro groups is 1. The van der Waals surface area contributed by atoms with Crippen molar-refractivity contribution in [3.05, 3.63) is 62.7 Å². The maximum atomic E-state index is 12.4. The number of amides is 2. The van der Waals surface area contributed by atoms with Gasteiger partial charge in [0.2, 0.25) is 0 Å². The molecular weight excluding hydrogens is 416 g/mol. The van der Waals surface area contributed by atoms with Gasteiger partial charge in [0.05, 0.1) is 17.1 Å². The van der Waals surface area contributed by atoms with Crippen LogP contribution in [0.1, 0.15) is 5.56 Å². The van der Waals surface area contributed by atoms with Crippen molar-refractivity contribution in [2.45, 2.75) is 0 Å². The minimum atomic E-state index is -0.776. The highest BCUT2D eigenvalue weighted by molar-refractivity contribution is 6.32. The molecule has 0 aromatic heterocycles. The van der Waals surface area contributed by atoms with E-state index in [1.54, 1.807) is 6.07 Å². The number of halogens is 1. The van der Waals surface area contributed by atoms with E-state index in [-0.39, 0.29) is 33.5 Å². The van der Waals surface area contributed by atoms with E-state index >= 15 is 0 Å². The Hall–Kier alpha value is -4.10. The van der Waals surface area contributed by atoms with Crippen molar-refractivity contribution >= 4 is 40.9 Å². The third kappa shape index (κ3) is 5.70. The lowest BCUT2D eigenvalue weighted by Gasteiger charge is -2.12. The highest BCUT2D eigenvalue weighted by Gasteiger charge is 2.15. The Morgan fingerprint density at radius 2 is 2.10 bits per heavy atom. The number of nitrogens with one attached hydrogen (secondary N) is 1. The summed E-state index contributed by atoms with van der Waals surface area (Å²) in [6.45, 7) is -0.416. The number of nitro benzene ring substituents is 1. The van der Waals surface area contributed by atoms with Crippen molar-refractivity contribution in [1.29, 1.82) is 5.26 Å². The number of non-ortho nitro benzene ring substituents is 1. The zero-order valence-corrected chi connectivity index (χ0v) is 16.3. The minimum Gasteiger partial charge on any atom is -0.493 e. The maximum Gasteiger partial charge on any atom is 0.271 e. The van der Waals surface area contributed by atoms with Gasteiger partial charge in [-0.1, -0.05) is 17.7 Å². The smallest absolute Gasteiger partial charge is 0.271 e. The van der Waals surface area contributed by atoms with Crippen molar-refractivity contribution < 1.29 is 24.0 Å². The van der Waals surface area contributed by atoms with Crippen molar-refractivity contribution in [3.8, 4) is 17.6 Å². The monoisotopic (exact) mass is 430 g/mol. The van der Waals surface area contributed by atoms with Crippen LogP contribution in [0, 0.1) is 21.4 Å². The zero-order chi connectivity index (χ0) is 22.3. The fourth-order valence-corrected chi connectivity index (χ4v) is 2.59. The molecule has 10 nitrogen and oxygen atoms in total. The van der Waals surface area contributed by atoms with Gasteiger partial charge in [0, 0.05) is 17.8 Å². The molecule has 2 rings (SSSR count). The fourth-order valence-electron chi connectivity index (χ4n) is 2.32. The van der Waals surface area contributed by atoms with Gasteiger partial charge >= 0.3 is 0 Å². The van der Waals surface area contributed by atoms with Crippen LogP contribution in [0.25, 0.3) is 6.08 Å². The molecule has 2 aromatic rings. The van der Waals surface area contributed by atoms with Crippen LogP contribution in [0.4, 0.5) is 11.4 Å². The molecule has 0 saturated heterocycles. The summed E-state index contributed by atoms with van der Waals surface area (Å²) in [5.74, 6) is -1.25. The highest BCUT2D eigenvalue weighted by atomic mass is 35.5. The van der Waals surface area contributed by atoms with Gasteiger partial charge < -0.3 is 20.5 Å². The van der Waals surface area contributed by atoms with E-state index in [9.17, 15) is 25.0 Å². The number of nitriles is 1. The van der Waals surface area contributed by atoms with Gasteiger partial charge in [0.1, 0.15) is 11.6 Å². The predicted molar refractivity (Wildman–Crippen MR) is 108 cm³/mol. The van der Waals surface area contributed by atoms with Gasteiger partial charge in [-0.05, 0) is 29.8 Å². The highest BCUT2D eigenvalue weighted by Crippen LogP contribution is 2.37. The van der Waals surface area contributed by atoms with Gasteiger partial charge in [-0.3, -0.25) is 19.7 Å². The molecule has 2 amide bonds. The first-order chi connectivity index (χ1) is 14.2. The largest absolute Gasteiger partial charge is 0.493 e. The van der Waals surface area contributed by atoms with E-state index in [0.717, 1.165) is 6.07 Å². The number of hydrogen-bond acceptors (Lipinski definition) is 7. The number of carbonyl (C=O) groups is 2. The Morgan fingerprint density at radius 1 is 1.37 bits per heavy atom. The van der Waals surface area contributed by atoms with Crippen LogP contribution in [0.5, 0.6) is 11.5 Å². The Labute approximate surface area is 175 Å². The Bertz CT molecular complexity index is 1080. The first-order valence-corrected chi connectivity index (χ1v) is 8.59. The number of methoxy groups -OCH3 is 1. The second-order valence-electron chi connectivity index (χ2n) is 5.72. The zero-order valence-electron chi connectivity index (χ0n) is 15.5. The van der Waals surface area contributed by atoms with Crippen LogP contribution >= 0.6 is 11.6 Å². The second kappa shape index (κ2) is 9.90. The normalized spacial score (nSPS) is 10.6. The molecule has 0 saturated carbocycles. The summed E-state index contributed by atoms with van der Waals surface area (Å²) in [6, 6.07) is 9.89. The average Bonchev–Trinajstić information content (AvgIpc) is 2.70. The van der Waals surface area contributed by atoms with E-state index in [2.05, 4.69) is 5.32 Å². The molecule has 0 bridgehead atoms. The molecule has 0 atom stereocenters. The number of nitrogens with zero attached hydrogens (tertiary/aromatic N) is 2. The summed E-state index contributed by atoms with van der Waals surface area (Å²) < 4.78 is 10.4. The Kier molecular flexibility index (Phi) is 7.32. The van der Waals surface area contributed by atoms with Crippen LogP contribution in [0.3, 0.4) is 0 Å². The van der Waals surface area contributed by atoms with E-state index in [1.165, 1.54) is 43.5 Å². The van der Waals surface area contributed by atoms with Crippen LogP contribution in [0.15, 0.2) is 42.0 Å².